The summed E-state index contributed by atoms with van der Waals surface area (Å²) in [5.74, 6) is -1.57. The Morgan fingerprint density at radius 2 is 1.75 bits per heavy atom. The molecule has 0 fully saturated rings. The van der Waals surface area contributed by atoms with Crippen LogP contribution in [0.15, 0.2) is 28.7 Å². The van der Waals surface area contributed by atoms with Gasteiger partial charge >= 0.3 is 0 Å². The molecule has 3 rings (SSSR count). The van der Waals surface area contributed by atoms with E-state index in [1.165, 1.54) is 12.1 Å². The maximum atomic E-state index is 13.8. The van der Waals surface area contributed by atoms with Crippen molar-refractivity contribution >= 4 is 40.0 Å². The fraction of sp³-hybridized carbons (Fsp3) is 0. The largest absolute Gasteiger partial charge is 0.436 e. The first kappa shape index (κ1) is 13.1. The summed E-state index contributed by atoms with van der Waals surface area (Å²) < 4.78 is 32.6. The highest BCUT2D eigenvalue weighted by molar-refractivity contribution is 6.33. The molecule has 2 N–H and O–H groups in total. The van der Waals surface area contributed by atoms with Gasteiger partial charge in [-0.15, -0.1) is 0 Å². The predicted molar refractivity (Wildman–Crippen MR) is 73.8 cm³/mol. The van der Waals surface area contributed by atoms with Crippen molar-refractivity contribution in [2.75, 3.05) is 5.73 Å². The van der Waals surface area contributed by atoms with E-state index in [0.717, 1.165) is 12.1 Å². The van der Waals surface area contributed by atoms with Gasteiger partial charge in [-0.25, -0.2) is 13.8 Å². The van der Waals surface area contributed by atoms with E-state index in [0.29, 0.717) is 21.8 Å². The normalized spacial score (nSPS) is 11.2. The summed E-state index contributed by atoms with van der Waals surface area (Å²) in [6.07, 6.45) is 0. The molecule has 102 valence electrons. The van der Waals surface area contributed by atoms with Gasteiger partial charge in [-0.05, 0) is 18.2 Å². The maximum absolute atomic E-state index is 13.8. The number of benzene rings is 2. The second-order valence-electron chi connectivity index (χ2n) is 4.11. The third-order valence-corrected chi connectivity index (χ3v) is 3.36. The van der Waals surface area contributed by atoms with Gasteiger partial charge < -0.3 is 10.2 Å². The van der Waals surface area contributed by atoms with Crippen LogP contribution < -0.4 is 5.73 Å². The van der Waals surface area contributed by atoms with Crippen molar-refractivity contribution in [1.82, 2.24) is 4.98 Å². The lowest BCUT2D eigenvalue weighted by molar-refractivity contribution is 0.580. The van der Waals surface area contributed by atoms with Gasteiger partial charge in [0, 0.05) is 6.07 Å². The van der Waals surface area contributed by atoms with E-state index in [-0.39, 0.29) is 16.5 Å². The molecule has 0 aliphatic carbocycles. The van der Waals surface area contributed by atoms with E-state index in [9.17, 15) is 8.78 Å². The Morgan fingerprint density at radius 3 is 2.50 bits per heavy atom. The van der Waals surface area contributed by atoms with E-state index in [4.69, 9.17) is 33.4 Å². The third kappa shape index (κ3) is 2.09. The topological polar surface area (TPSA) is 52.0 Å². The number of nitrogens with zero attached hydrogens (tertiary/aromatic N) is 1. The van der Waals surface area contributed by atoms with Gasteiger partial charge in [0.1, 0.15) is 17.2 Å². The van der Waals surface area contributed by atoms with E-state index in [1.54, 1.807) is 0 Å². The van der Waals surface area contributed by atoms with Crippen molar-refractivity contribution in [2.45, 2.75) is 0 Å². The Balaban J connectivity index is 2.22. The Labute approximate surface area is 121 Å². The summed E-state index contributed by atoms with van der Waals surface area (Å²) >= 11 is 11.4. The number of hydrogen-bond acceptors (Lipinski definition) is 3. The second kappa shape index (κ2) is 4.61. The zero-order valence-corrected chi connectivity index (χ0v) is 11.3. The smallest absolute Gasteiger partial charge is 0.230 e. The number of nitrogens with two attached hydrogens (primary N) is 1. The van der Waals surface area contributed by atoms with Crippen LogP contribution in [0.1, 0.15) is 0 Å². The van der Waals surface area contributed by atoms with E-state index >= 15 is 0 Å². The number of oxazole rings is 1. The summed E-state index contributed by atoms with van der Waals surface area (Å²) in [5.41, 5.74) is 6.55. The number of fused-ring (bicyclic) bond motifs is 1. The fourth-order valence-electron chi connectivity index (χ4n) is 1.77. The quantitative estimate of drug-likeness (QED) is 0.525. The van der Waals surface area contributed by atoms with E-state index < -0.39 is 11.6 Å². The third-order valence-electron chi connectivity index (χ3n) is 2.75. The summed E-state index contributed by atoms with van der Waals surface area (Å²) in [6, 6.07) is 4.75. The first-order valence-corrected chi connectivity index (χ1v) is 6.22. The van der Waals surface area contributed by atoms with E-state index in [2.05, 4.69) is 4.98 Å². The van der Waals surface area contributed by atoms with Crippen molar-refractivity contribution < 1.29 is 13.2 Å². The Hall–Kier alpha value is -1.85. The van der Waals surface area contributed by atoms with Crippen molar-refractivity contribution in [3.05, 3.63) is 45.9 Å². The van der Waals surface area contributed by atoms with Crippen LogP contribution in [0.5, 0.6) is 0 Å². The van der Waals surface area contributed by atoms with Gasteiger partial charge in [-0.2, -0.15) is 0 Å². The van der Waals surface area contributed by atoms with Gasteiger partial charge in [-0.1, -0.05) is 23.2 Å². The molecule has 0 bridgehead atoms. The molecule has 0 aliphatic heterocycles. The van der Waals surface area contributed by atoms with Crippen LogP contribution >= 0.6 is 23.2 Å². The molecule has 0 radical (unpaired) electrons. The molecule has 2 aromatic carbocycles. The lowest BCUT2D eigenvalue weighted by atomic mass is 10.2. The Bertz CT molecular complexity index is 794. The highest BCUT2D eigenvalue weighted by atomic mass is 35.5. The molecule has 0 aliphatic rings. The van der Waals surface area contributed by atoms with Crippen molar-refractivity contribution in [2.24, 2.45) is 0 Å². The minimum Gasteiger partial charge on any atom is -0.436 e. The van der Waals surface area contributed by atoms with E-state index in [1.807, 2.05) is 0 Å². The molecule has 0 saturated carbocycles. The average molecular weight is 315 g/mol. The molecule has 0 saturated heterocycles. The maximum Gasteiger partial charge on any atom is 0.230 e. The number of nitrogen functional groups attached to an aromatic ring is 1. The highest BCUT2D eigenvalue weighted by Crippen LogP contribution is 2.32. The first-order valence-electron chi connectivity index (χ1n) is 5.46. The summed E-state index contributed by atoms with van der Waals surface area (Å²) in [7, 11) is 0. The minimum absolute atomic E-state index is 0.0743. The molecule has 1 heterocycles. The molecule has 0 unspecified atom stereocenters. The van der Waals surface area contributed by atoms with Crippen LogP contribution in [-0.4, -0.2) is 4.98 Å². The summed E-state index contributed by atoms with van der Waals surface area (Å²) in [5, 5.41) is -0.00485. The van der Waals surface area contributed by atoms with Crippen LogP contribution in [0.3, 0.4) is 0 Å². The molecule has 3 nitrogen and oxygen atoms in total. The van der Waals surface area contributed by atoms with Gasteiger partial charge in [0.2, 0.25) is 5.89 Å². The number of rotatable bonds is 1. The number of halogens is 4. The molecule has 7 heteroatoms. The average Bonchev–Trinajstić information content (AvgIpc) is 2.77. The summed E-state index contributed by atoms with van der Waals surface area (Å²) in [4.78, 5) is 4.06. The molecule has 0 spiro atoms. The molecular weight excluding hydrogens is 309 g/mol. The molecule has 3 aromatic rings. The Kier molecular flexibility index (Phi) is 3.03. The number of anilines is 1. The zero-order valence-electron chi connectivity index (χ0n) is 9.75. The molecule has 0 atom stereocenters. The summed E-state index contributed by atoms with van der Waals surface area (Å²) in [6.45, 7) is 0. The second-order valence-corrected chi connectivity index (χ2v) is 4.92. The molecule has 0 amide bonds. The Morgan fingerprint density at radius 1 is 1.00 bits per heavy atom. The fourth-order valence-corrected chi connectivity index (χ4v) is 2.07. The highest BCUT2D eigenvalue weighted by Gasteiger charge is 2.16. The lowest BCUT2D eigenvalue weighted by Gasteiger charge is -2.00. The minimum atomic E-state index is -0.761. The zero-order chi connectivity index (χ0) is 14.4. The predicted octanol–water partition coefficient (Wildman–Crippen LogP) is 4.66. The van der Waals surface area contributed by atoms with Crippen LogP contribution in [0, 0.1) is 11.6 Å². The number of aromatic nitrogens is 1. The van der Waals surface area contributed by atoms with Gasteiger partial charge in [-0.3, -0.25) is 0 Å². The van der Waals surface area contributed by atoms with Crippen molar-refractivity contribution in [3.8, 4) is 11.5 Å². The van der Waals surface area contributed by atoms with Gasteiger partial charge in [0.15, 0.2) is 5.58 Å². The SMILES string of the molecule is Nc1cc2oc(-c3cc(F)c(Cl)cc3F)nc2cc1Cl. The standard InChI is InChI=1S/C13H6Cl2F2N2O/c14-6-2-8(16)5(1-9(6)17)13-19-11-3-7(15)10(18)4-12(11)20-13/h1-4H,18H2. The molecule has 20 heavy (non-hydrogen) atoms. The monoisotopic (exact) mass is 314 g/mol. The van der Waals surface area contributed by atoms with Crippen LogP contribution in [0.2, 0.25) is 10.0 Å². The van der Waals surface area contributed by atoms with Crippen LogP contribution in [0.25, 0.3) is 22.6 Å². The van der Waals surface area contributed by atoms with Crippen LogP contribution in [0.4, 0.5) is 14.5 Å². The van der Waals surface area contributed by atoms with Crippen molar-refractivity contribution in [3.63, 3.8) is 0 Å². The first-order chi connectivity index (χ1) is 9.45. The molecule has 1 aromatic heterocycles. The van der Waals surface area contributed by atoms with Gasteiger partial charge in [0.25, 0.3) is 0 Å². The van der Waals surface area contributed by atoms with Crippen molar-refractivity contribution in [1.29, 1.82) is 0 Å². The molecular formula is C13H6Cl2F2N2O. The lowest BCUT2D eigenvalue weighted by Crippen LogP contribution is -1.88. The van der Waals surface area contributed by atoms with Gasteiger partial charge in [0.05, 0.1) is 21.3 Å². The number of hydrogen-bond donors (Lipinski definition) is 1. The van der Waals surface area contributed by atoms with Crippen LogP contribution in [-0.2, 0) is 0 Å².